The van der Waals surface area contributed by atoms with Crippen molar-refractivity contribution in [3.8, 4) is 11.5 Å². The van der Waals surface area contributed by atoms with Crippen molar-refractivity contribution >= 4 is 23.6 Å². The zero-order valence-corrected chi connectivity index (χ0v) is 16.8. The van der Waals surface area contributed by atoms with Crippen molar-refractivity contribution < 1.29 is 33.4 Å². The fourth-order valence-corrected chi connectivity index (χ4v) is 4.04. The van der Waals surface area contributed by atoms with Gasteiger partial charge in [-0.25, -0.2) is 4.79 Å². The van der Waals surface area contributed by atoms with Crippen LogP contribution in [-0.4, -0.2) is 55.3 Å². The molecular formula is C21H25NO7. The van der Waals surface area contributed by atoms with Crippen molar-refractivity contribution in [2.45, 2.75) is 38.6 Å². The first kappa shape index (κ1) is 20.8. The van der Waals surface area contributed by atoms with Crippen molar-refractivity contribution in [2.75, 3.05) is 20.8 Å². The number of ketones is 1. The largest absolute Gasteiger partial charge is 0.497 e. The molecule has 3 rings (SSSR count). The fraction of sp³-hybridized carbons (Fsp3) is 0.524. The quantitative estimate of drug-likeness (QED) is 0.390. The Bertz CT molecular complexity index is 810. The van der Waals surface area contributed by atoms with Gasteiger partial charge in [0.2, 0.25) is 17.6 Å². The van der Waals surface area contributed by atoms with E-state index in [9.17, 15) is 19.2 Å². The van der Waals surface area contributed by atoms with Crippen LogP contribution in [0.5, 0.6) is 11.5 Å². The van der Waals surface area contributed by atoms with E-state index < -0.39 is 24.4 Å². The average Bonchev–Trinajstić information content (AvgIpc) is 3.01. The minimum atomic E-state index is -1.07. The van der Waals surface area contributed by atoms with Gasteiger partial charge in [0.05, 0.1) is 31.6 Å². The SMILES string of the molecule is COc1ccc(OC)c(C(=O)COC(=O)[C@H](C)N2C(=O)[C@@H]3CCCC[C@H]3C2=O)c1. The summed E-state index contributed by atoms with van der Waals surface area (Å²) in [5.74, 6) is -1.79. The molecule has 1 aliphatic carbocycles. The Hall–Kier alpha value is -2.90. The molecule has 2 amide bonds. The number of rotatable bonds is 7. The molecule has 0 radical (unpaired) electrons. The molecule has 8 heteroatoms. The van der Waals surface area contributed by atoms with E-state index in [0.29, 0.717) is 24.3 Å². The topological polar surface area (TPSA) is 99.2 Å². The maximum Gasteiger partial charge on any atom is 0.329 e. The lowest BCUT2D eigenvalue weighted by molar-refractivity contribution is -0.157. The number of likely N-dealkylation sites (tertiary alicyclic amines) is 1. The van der Waals surface area contributed by atoms with Crippen LogP contribution in [0, 0.1) is 11.8 Å². The molecule has 8 nitrogen and oxygen atoms in total. The molecule has 2 fully saturated rings. The highest BCUT2D eigenvalue weighted by molar-refractivity contribution is 6.08. The first-order valence-electron chi connectivity index (χ1n) is 9.67. The van der Waals surface area contributed by atoms with Crippen molar-refractivity contribution in [3.63, 3.8) is 0 Å². The van der Waals surface area contributed by atoms with Crippen LogP contribution >= 0.6 is 0 Å². The summed E-state index contributed by atoms with van der Waals surface area (Å²) < 4.78 is 15.4. The highest BCUT2D eigenvalue weighted by atomic mass is 16.5. The Balaban J connectivity index is 1.65. The predicted octanol–water partition coefficient (Wildman–Crippen LogP) is 1.99. The Labute approximate surface area is 169 Å². The molecule has 1 aromatic rings. The van der Waals surface area contributed by atoms with Gasteiger partial charge >= 0.3 is 5.97 Å². The molecule has 0 unspecified atom stereocenters. The molecule has 0 spiro atoms. The van der Waals surface area contributed by atoms with Gasteiger partial charge in [-0.15, -0.1) is 0 Å². The lowest BCUT2D eigenvalue weighted by atomic mass is 9.81. The van der Waals surface area contributed by atoms with Crippen molar-refractivity contribution in [2.24, 2.45) is 11.8 Å². The third-order valence-corrected chi connectivity index (χ3v) is 5.66. The highest BCUT2D eigenvalue weighted by Crippen LogP contribution is 2.39. The summed E-state index contributed by atoms with van der Waals surface area (Å²) in [4.78, 5) is 51.2. The normalized spacial score (nSPS) is 22.1. The molecule has 29 heavy (non-hydrogen) atoms. The maximum atomic E-state index is 12.6. The summed E-state index contributed by atoms with van der Waals surface area (Å²) in [5.41, 5.74) is 0.214. The summed E-state index contributed by atoms with van der Waals surface area (Å²) in [6.07, 6.45) is 3.15. The van der Waals surface area contributed by atoms with Gasteiger partial charge in [-0.1, -0.05) is 12.8 Å². The van der Waals surface area contributed by atoms with Crippen LogP contribution in [0.3, 0.4) is 0 Å². The lowest BCUT2D eigenvalue weighted by Gasteiger charge is -2.21. The van der Waals surface area contributed by atoms with Crippen LogP contribution in [0.25, 0.3) is 0 Å². The number of benzene rings is 1. The molecule has 1 aromatic carbocycles. The average molecular weight is 403 g/mol. The summed E-state index contributed by atoms with van der Waals surface area (Å²) in [5, 5.41) is 0. The van der Waals surface area contributed by atoms with Crippen LogP contribution < -0.4 is 9.47 Å². The summed E-state index contributed by atoms with van der Waals surface area (Å²) in [6.45, 7) is 0.919. The maximum absolute atomic E-state index is 12.6. The number of amides is 2. The number of imide groups is 1. The number of carbonyl (C=O) groups is 4. The lowest BCUT2D eigenvalue weighted by Crippen LogP contribution is -2.44. The van der Waals surface area contributed by atoms with Gasteiger partial charge in [-0.05, 0) is 38.0 Å². The molecule has 2 aliphatic rings. The number of methoxy groups -OCH3 is 2. The van der Waals surface area contributed by atoms with Crippen molar-refractivity contribution in [1.82, 2.24) is 4.90 Å². The zero-order valence-electron chi connectivity index (χ0n) is 16.8. The molecule has 0 N–H and O–H groups in total. The number of carbonyl (C=O) groups excluding carboxylic acids is 4. The second-order valence-corrected chi connectivity index (χ2v) is 7.32. The molecule has 156 valence electrons. The van der Waals surface area contributed by atoms with Crippen molar-refractivity contribution in [1.29, 1.82) is 0 Å². The second kappa shape index (κ2) is 8.63. The third kappa shape index (κ3) is 3.97. The number of hydrogen-bond donors (Lipinski definition) is 0. The van der Waals surface area contributed by atoms with Crippen LogP contribution in [-0.2, 0) is 19.1 Å². The minimum absolute atomic E-state index is 0.214. The number of ether oxygens (including phenoxy) is 3. The molecule has 1 saturated carbocycles. The van der Waals surface area contributed by atoms with E-state index in [4.69, 9.17) is 14.2 Å². The van der Waals surface area contributed by atoms with Crippen LogP contribution in [0.2, 0.25) is 0 Å². The first-order valence-corrected chi connectivity index (χ1v) is 9.67. The van der Waals surface area contributed by atoms with Gasteiger partial charge in [0, 0.05) is 0 Å². The molecule has 0 bridgehead atoms. The summed E-state index contributed by atoms with van der Waals surface area (Å²) in [7, 11) is 2.90. The Morgan fingerprint density at radius 3 is 2.24 bits per heavy atom. The van der Waals surface area contributed by atoms with Crippen LogP contribution in [0.4, 0.5) is 0 Å². The molecule has 1 saturated heterocycles. The van der Waals surface area contributed by atoms with E-state index >= 15 is 0 Å². The van der Waals surface area contributed by atoms with Gasteiger partial charge in [0.25, 0.3) is 0 Å². The third-order valence-electron chi connectivity index (χ3n) is 5.66. The number of esters is 1. The zero-order chi connectivity index (χ0) is 21.1. The fourth-order valence-electron chi connectivity index (χ4n) is 4.04. The van der Waals surface area contributed by atoms with E-state index in [1.165, 1.54) is 27.2 Å². The summed E-state index contributed by atoms with van der Waals surface area (Å²) in [6, 6.07) is 3.66. The Kier molecular flexibility index (Phi) is 6.20. The number of nitrogens with zero attached hydrogens (tertiary/aromatic N) is 1. The van der Waals surface area contributed by atoms with Crippen LogP contribution in [0.1, 0.15) is 43.0 Å². The Morgan fingerprint density at radius 2 is 1.69 bits per heavy atom. The van der Waals surface area contributed by atoms with Crippen molar-refractivity contribution in [3.05, 3.63) is 23.8 Å². The standard InChI is InChI=1S/C21H25NO7/c1-12(22-19(24)14-6-4-5-7-15(14)20(22)25)21(26)29-11-17(23)16-10-13(27-2)8-9-18(16)28-3/h8-10,12,14-15H,4-7,11H2,1-3H3/t12-,14+,15+/m0/s1. The first-order chi connectivity index (χ1) is 13.9. The van der Waals surface area contributed by atoms with E-state index in [1.807, 2.05) is 0 Å². The van der Waals surface area contributed by atoms with Gasteiger partial charge in [0.1, 0.15) is 17.5 Å². The van der Waals surface area contributed by atoms with E-state index in [1.54, 1.807) is 12.1 Å². The Morgan fingerprint density at radius 1 is 1.07 bits per heavy atom. The van der Waals surface area contributed by atoms with E-state index in [0.717, 1.165) is 17.7 Å². The van der Waals surface area contributed by atoms with Gasteiger partial charge in [-0.3, -0.25) is 19.3 Å². The number of Topliss-reactive ketones (excluding diaryl/α,β-unsaturated/α-hetero) is 1. The molecule has 0 aromatic heterocycles. The molecule has 1 aliphatic heterocycles. The molecule has 1 heterocycles. The summed E-state index contributed by atoms with van der Waals surface area (Å²) >= 11 is 0. The minimum Gasteiger partial charge on any atom is -0.497 e. The van der Waals surface area contributed by atoms with Gasteiger partial charge in [-0.2, -0.15) is 0 Å². The smallest absolute Gasteiger partial charge is 0.329 e. The number of fused-ring (bicyclic) bond motifs is 1. The number of hydrogen-bond acceptors (Lipinski definition) is 7. The van der Waals surface area contributed by atoms with E-state index in [-0.39, 0.29) is 29.2 Å². The molecular weight excluding hydrogens is 378 g/mol. The molecule has 3 atom stereocenters. The predicted molar refractivity (Wildman–Crippen MR) is 102 cm³/mol. The monoisotopic (exact) mass is 403 g/mol. The van der Waals surface area contributed by atoms with Gasteiger partial charge < -0.3 is 14.2 Å². The van der Waals surface area contributed by atoms with E-state index in [2.05, 4.69) is 0 Å². The van der Waals surface area contributed by atoms with Gasteiger partial charge in [0.15, 0.2) is 6.61 Å². The highest BCUT2D eigenvalue weighted by Gasteiger charge is 2.51. The van der Waals surface area contributed by atoms with Crippen LogP contribution in [0.15, 0.2) is 18.2 Å². The second-order valence-electron chi connectivity index (χ2n) is 7.32.